The molecule has 104 valence electrons. The first kappa shape index (κ1) is 14.8. The number of carbonyl (C=O) groups excluding carboxylic acids is 1. The Morgan fingerprint density at radius 1 is 1.37 bits per heavy atom. The van der Waals surface area contributed by atoms with Crippen molar-refractivity contribution in [2.24, 2.45) is 0 Å². The predicted molar refractivity (Wildman–Crippen MR) is 67.2 cm³/mol. The summed E-state index contributed by atoms with van der Waals surface area (Å²) in [6, 6.07) is 0. The molecule has 0 fully saturated rings. The molecule has 8 nitrogen and oxygen atoms in total. The number of carbonyl (C=O) groups is 1. The van der Waals surface area contributed by atoms with Crippen LogP contribution in [0.25, 0.3) is 0 Å². The summed E-state index contributed by atoms with van der Waals surface area (Å²) in [6.07, 6.45) is 1.72. The Labute approximate surface area is 108 Å². The van der Waals surface area contributed by atoms with Crippen LogP contribution >= 0.6 is 0 Å². The van der Waals surface area contributed by atoms with Crippen molar-refractivity contribution >= 4 is 11.5 Å². The predicted octanol–water partition coefficient (Wildman–Crippen LogP) is 0.307. The SMILES string of the molecule is CCCC(=O)Cn1c(=O)c([N+](=O)[O-])cn(CC)c1=O. The first-order valence-corrected chi connectivity index (χ1v) is 5.92. The van der Waals surface area contributed by atoms with Gasteiger partial charge in [0.25, 0.3) is 0 Å². The van der Waals surface area contributed by atoms with Crippen molar-refractivity contribution in [3.05, 3.63) is 37.1 Å². The second kappa shape index (κ2) is 6.07. The van der Waals surface area contributed by atoms with Gasteiger partial charge in [0.1, 0.15) is 0 Å². The highest BCUT2D eigenvalue weighted by Crippen LogP contribution is 2.01. The molecule has 0 N–H and O–H groups in total. The van der Waals surface area contributed by atoms with Gasteiger partial charge in [-0.25, -0.2) is 9.36 Å². The van der Waals surface area contributed by atoms with Crippen molar-refractivity contribution in [2.45, 2.75) is 39.8 Å². The Morgan fingerprint density at radius 2 is 2.00 bits per heavy atom. The van der Waals surface area contributed by atoms with Crippen molar-refractivity contribution in [3.8, 4) is 0 Å². The molecule has 1 rings (SSSR count). The standard InChI is InChI=1S/C11H15N3O5/c1-3-5-8(15)6-13-10(16)9(14(18)19)7-12(4-2)11(13)17/h7H,3-6H2,1-2H3. The van der Waals surface area contributed by atoms with E-state index in [1.807, 2.05) is 0 Å². The van der Waals surface area contributed by atoms with Gasteiger partial charge in [-0.3, -0.25) is 24.3 Å². The topological polar surface area (TPSA) is 104 Å². The number of hydrogen-bond donors (Lipinski definition) is 0. The van der Waals surface area contributed by atoms with E-state index in [4.69, 9.17) is 0 Å². The Bertz CT molecular complexity index is 614. The number of ketones is 1. The molecule has 0 bridgehead atoms. The number of Topliss-reactive ketones (excluding diaryl/α,β-unsaturated/α-hetero) is 1. The molecule has 0 saturated heterocycles. The van der Waals surface area contributed by atoms with E-state index in [1.54, 1.807) is 13.8 Å². The van der Waals surface area contributed by atoms with Crippen molar-refractivity contribution < 1.29 is 9.72 Å². The fraction of sp³-hybridized carbons (Fsp3) is 0.545. The van der Waals surface area contributed by atoms with Crippen molar-refractivity contribution in [1.82, 2.24) is 9.13 Å². The van der Waals surface area contributed by atoms with Gasteiger partial charge in [-0.2, -0.15) is 0 Å². The summed E-state index contributed by atoms with van der Waals surface area (Å²) in [5.41, 5.74) is -2.45. The molecule has 0 atom stereocenters. The molecular formula is C11H15N3O5. The summed E-state index contributed by atoms with van der Waals surface area (Å²) in [6.45, 7) is 3.17. The number of aryl methyl sites for hydroxylation is 1. The summed E-state index contributed by atoms with van der Waals surface area (Å²) in [5.74, 6) is -0.301. The lowest BCUT2D eigenvalue weighted by Gasteiger charge is -2.07. The number of rotatable bonds is 6. The molecule has 0 aromatic carbocycles. The molecular weight excluding hydrogens is 254 g/mol. The normalized spacial score (nSPS) is 10.4. The van der Waals surface area contributed by atoms with Crippen LogP contribution in [0.4, 0.5) is 5.69 Å². The van der Waals surface area contributed by atoms with Crippen LogP contribution in [0.3, 0.4) is 0 Å². The maximum Gasteiger partial charge on any atom is 0.350 e. The summed E-state index contributed by atoms with van der Waals surface area (Å²) < 4.78 is 1.67. The summed E-state index contributed by atoms with van der Waals surface area (Å²) in [7, 11) is 0. The Morgan fingerprint density at radius 3 is 2.47 bits per heavy atom. The molecule has 8 heteroatoms. The van der Waals surface area contributed by atoms with Crippen LogP contribution in [0, 0.1) is 10.1 Å². The molecule has 0 saturated carbocycles. The second-order valence-corrected chi connectivity index (χ2v) is 4.02. The highest BCUT2D eigenvalue weighted by molar-refractivity contribution is 5.78. The number of nitro groups is 1. The zero-order valence-electron chi connectivity index (χ0n) is 10.8. The average molecular weight is 269 g/mol. The lowest BCUT2D eigenvalue weighted by molar-refractivity contribution is -0.387. The monoisotopic (exact) mass is 269 g/mol. The Kier molecular flexibility index (Phi) is 4.74. The summed E-state index contributed by atoms with van der Waals surface area (Å²) in [4.78, 5) is 45.1. The largest absolute Gasteiger partial charge is 0.350 e. The molecule has 0 unspecified atom stereocenters. The van der Waals surface area contributed by atoms with Crippen LogP contribution in [0.1, 0.15) is 26.7 Å². The molecule has 0 aliphatic carbocycles. The van der Waals surface area contributed by atoms with E-state index in [-0.39, 0.29) is 18.7 Å². The fourth-order valence-corrected chi connectivity index (χ4v) is 1.66. The lowest BCUT2D eigenvalue weighted by atomic mass is 10.2. The number of aromatic nitrogens is 2. The van der Waals surface area contributed by atoms with E-state index in [1.165, 1.54) is 0 Å². The van der Waals surface area contributed by atoms with Crippen LogP contribution in [0.5, 0.6) is 0 Å². The third-order valence-corrected chi connectivity index (χ3v) is 2.62. The highest BCUT2D eigenvalue weighted by atomic mass is 16.6. The maximum atomic E-state index is 11.9. The van der Waals surface area contributed by atoms with E-state index in [2.05, 4.69) is 0 Å². The molecule has 0 spiro atoms. The Balaban J connectivity index is 3.40. The van der Waals surface area contributed by atoms with Gasteiger partial charge in [-0.15, -0.1) is 0 Å². The first-order chi connectivity index (χ1) is 8.92. The smallest absolute Gasteiger partial charge is 0.298 e. The van der Waals surface area contributed by atoms with E-state index < -0.39 is 28.4 Å². The van der Waals surface area contributed by atoms with Gasteiger partial charge in [-0.1, -0.05) is 6.92 Å². The first-order valence-electron chi connectivity index (χ1n) is 5.92. The van der Waals surface area contributed by atoms with Gasteiger partial charge in [-0.05, 0) is 13.3 Å². The van der Waals surface area contributed by atoms with E-state index >= 15 is 0 Å². The minimum absolute atomic E-state index is 0.182. The number of nitrogens with zero attached hydrogens (tertiary/aromatic N) is 3. The van der Waals surface area contributed by atoms with Crippen LogP contribution in [-0.2, 0) is 17.9 Å². The third kappa shape index (κ3) is 3.15. The fourth-order valence-electron chi connectivity index (χ4n) is 1.66. The minimum Gasteiger partial charge on any atom is -0.298 e. The van der Waals surface area contributed by atoms with Gasteiger partial charge < -0.3 is 0 Å². The molecule has 19 heavy (non-hydrogen) atoms. The van der Waals surface area contributed by atoms with Crippen LogP contribution in [0.15, 0.2) is 15.8 Å². The van der Waals surface area contributed by atoms with Crippen molar-refractivity contribution in [3.63, 3.8) is 0 Å². The minimum atomic E-state index is -1.04. The molecule has 1 aromatic heterocycles. The van der Waals surface area contributed by atoms with Gasteiger partial charge >= 0.3 is 16.9 Å². The Hall–Kier alpha value is -2.25. The zero-order chi connectivity index (χ0) is 14.6. The van der Waals surface area contributed by atoms with E-state index in [9.17, 15) is 24.5 Å². The number of hydrogen-bond acceptors (Lipinski definition) is 5. The quantitative estimate of drug-likeness (QED) is 0.546. The maximum absolute atomic E-state index is 11.9. The average Bonchev–Trinajstić information content (AvgIpc) is 2.34. The van der Waals surface area contributed by atoms with Gasteiger partial charge in [0.2, 0.25) is 0 Å². The zero-order valence-corrected chi connectivity index (χ0v) is 10.8. The van der Waals surface area contributed by atoms with Gasteiger partial charge in [0, 0.05) is 13.0 Å². The highest BCUT2D eigenvalue weighted by Gasteiger charge is 2.20. The molecule has 0 amide bonds. The molecule has 1 heterocycles. The third-order valence-electron chi connectivity index (χ3n) is 2.62. The van der Waals surface area contributed by atoms with Crippen LogP contribution in [-0.4, -0.2) is 19.8 Å². The molecule has 0 aliphatic heterocycles. The van der Waals surface area contributed by atoms with Crippen LogP contribution < -0.4 is 11.2 Å². The molecule has 0 aliphatic rings. The second-order valence-electron chi connectivity index (χ2n) is 4.02. The van der Waals surface area contributed by atoms with Gasteiger partial charge in [0.15, 0.2) is 5.78 Å². The summed E-state index contributed by atoms with van der Waals surface area (Å²) >= 11 is 0. The van der Waals surface area contributed by atoms with E-state index in [0.717, 1.165) is 10.8 Å². The molecule has 1 aromatic rings. The van der Waals surface area contributed by atoms with Crippen molar-refractivity contribution in [1.29, 1.82) is 0 Å². The lowest BCUT2D eigenvalue weighted by Crippen LogP contribution is -2.41. The summed E-state index contributed by atoms with van der Waals surface area (Å²) in [5, 5.41) is 10.8. The van der Waals surface area contributed by atoms with Gasteiger partial charge in [0.05, 0.1) is 17.7 Å². The van der Waals surface area contributed by atoms with E-state index in [0.29, 0.717) is 11.0 Å². The molecule has 0 radical (unpaired) electrons. The van der Waals surface area contributed by atoms with Crippen LogP contribution in [0.2, 0.25) is 0 Å². The van der Waals surface area contributed by atoms with Crippen molar-refractivity contribution in [2.75, 3.05) is 0 Å².